The van der Waals surface area contributed by atoms with Crippen molar-refractivity contribution >= 4 is 17.7 Å². The van der Waals surface area contributed by atoms with E-state index in [1.165, 1.54) is 6.08 Å². The molecule has 0 saturated carbocycles. The molecule has 0 aromatic carbocycles. The van der Waals surface area contributed by atoms with E-state index in [2.05, 4.69) is 16.9 Å². The van der Waals surface area contributed by atoms with E-state index >= 15 is 0 Å². The van der Waals surface area contributed by atoms with Crippen molar-refractivity contribution in [1.29, 1.82) is 0 Å². The molecule has 1 N–H and O–H groups in total. The van der Waals surface area contributed by atoms with Crippen LogP contribution in [0.15, 0.2) is 23.8 Å². The van der Waals surface area contributed by atoms with Gasteiger partial charge in [-0.05, 0) is 51.0 Å². The molecule has 0 fully saturated rings. The summed E-state index contributed by atoms with van der Waals surface area (Å²) in [6.45, 7) is 0. The number of carbonyl (C=O) groups excluding carboxylic acids is 2. The van der Waals surface area contributed by atoms with Gasteiger partial charge in [0.05, 0.1) is 18.9 Å². The summed E-state index contributed by atoms with van der Waals surface area (Å²) in [6.07, 6.45) is 13.8. The maximum absolute atomic E-state index is 13.4. The van der Waals surface area contributed by atoms with Gasteiger partial charge in [0.15, 0.2) is 5.78 Å². The zero-order valence-electron chi connectivity index (χ0n) is 20.9. The van der Waals surface area contributed by atoms with E-state index in [1.807, 2.05) is 0 Å². The Bertz CT molecular complexity index is 712. The molecule has 0 bridgehead atoms. The van der Waals surface area contributed by atoms with Gasteiger partial charge in [0, 0.05) is 12.8 Å². The Balaban J connectivity index is 2.14. The fourth-order valence-electron chi connectivity index (χ4n) is 4.53. The van der Waals surface area contributed by atoms with E-state index < -0.39 is 42.2 Å². The van der Waals surface area contributed by atoms with Crippen molar-refractivity contribution in [3.05, 3.63) is 23.8 Å². The van der Waals surface area contributed by atoms with Crippen molar-refractivity contribution in [2.45, 2.75) is 109 Å². The Morgan fingerprint density at radius 1 is 0.943 bits per heavy atom. The molecule has 0 aromatic rings. The second kappa shape index (κ2) is 17.3. The SMILES string of the molecule is COC(=O)C1C(CCCCCCCC/C=C\CCCCCCCC(=O)O)=CC(=O)CC1C(F)(F)F. The lowest BCUT2D eigenvalue weighted by atomic mass is 9.75. The maximum Gasteiger partial charge on any atom is 0.393 e. The lowest BCUT2D eigenvalue weighted by molar-refractivity contribution is -0.197. The van der Waals surface area contributed by atoms with Crippen LogP contribution in [0.5, 0.6) is 0 Å². The highest BCUT2D eigenvalue weighted by atomic mass is 19.4. The van der Waals surface area contributed by atoms with Gasteiger partial charge in [-0.2, -0.15) is 13.2 Å². The van der Waals surface area contributed by atoms with Crippen LogP contribution in [0, 0.1) is 11.8 Å². The third-order valence-corrected chi connectivity index (χ3v) is 6.46. The average molecular weight is 503 g/mol. The van der Waals surface area contributed by atoms with Gasteiger partial charge < -0.3 is 9.84 Å². The zero-order chi connectivity index (χ0) is 26.1. The highest BCUT2D eigenvalue weighted by molar-refractivity contribution is 5.94. The van der Waals surface area contributed by atoms with Crippen LogP contribution in [0.25, 0.3) is 0 Å². The van der Waals surface area contributed by atoms with Crippen LogP contribution in [0.3, 0.4) is 0 Å². The molecule has 1 rings (SSSR count). The second-order valence-corrected chi connectivity index (χ2v) is 9.37. The van der Waals surface area contributed by atoms with Gasteiger partial charge in [-0.1, -0.05) is 62.7 Å². The number of methoxy groups -OCH3 is 1. The summed E-state index contributed by atoms with van der Waals surface area (Å²) in [6, 6.07) is 0. The maximum atomic E-state index is 13.4. The quantitative estimate of drug-likeness (QED) is 0.120. The normalized spacial score (nSPS) is 18.6. The summed E-state index contributed by atoms with van der Waals surface area (Å²) in [5.41, 5.74) is 0.251. The highest BCUT2D eigenvalue weighted by Gasteiger charge is 2.51. The van der Waals surface area contributed by atoms with Crippen molar-refractivity contribution < 1.29 is 37.4 Å². The van der Waals surface area contributed by atoms with Crippen LogP contribution in [-0.4, -0.2) is 36.1 Å². The molecule has 8 heteroatoms. The number of ketones is 1. The number of aliphatic carboxylic acids is 1. The Kier molecular flexibility index (Phi) is 15.3. The molecule has 2 atom stereocenters. The molecule has 1 aliphatic rings. The van der Waals surface area contributed by atoms with Crippen molar-refractivity contribution in [1.82, 2.24) is 0 Å². The number of allylic oxidation sites excluding steroid dienone is 3. The minimum atomic E-state index is -4.62. The first-order valence-corrected chi connectivity index (χ1v) is 12.9. The lowest BCUT2D eigenvalue weighted by Gasteiger charge is -2.31. The predicted octanol–water partition coefficient (Wildman–Crippen LogP) is 7.35. The summed E-state index contributed by atoms with van der Waals surface area (Å²) < 4.78 is 44.8. The fourth-order valence-corrected chi connectivity index (χ4v) is 4.53. The molecule has 0 amide bonds. The Hall–Kier alpha value is -2.12. The number of unbranched alkanes of at least 4 members (excludes halogenated alkanes) is 11. The summed E-state index contributed by atoms with van der Waals surface area (Å²) in [4.78, 5) is 34.3. The van der Waals surface area contributed by atoms with Gasteiger partial charge in [-0.3, -0.25) is 14.4 Å². The van der Waals surface area contributed by atoms with Crippen LogP contribution >= 0.6 is 0 Å². The van der Waals surface area contributed by atoms with Crippen molar-refractivity contribution in [3.8, 4) is 0 Å². The third kappa shape index (κ3) is 13.5. The first-order valence-electron chi connectivity index (χ1n) is 12.9. The van der Waals surface area contributed by atoms with E-state index in [0.29, 0.717) is 12.8 Å². The molecule has 2 unspecified atom stereocenters. The molecule has 5 nitrogen and oxygen atoms in total. The Morgan fingerprint density at radius 3 is 1.97 bits per heavy atom. The minimum absolute atomic E-state index is 0.251. The lowest BCUT2D eigenvalue weighted by Crippen LogP contribution is -2.40. The summed E-state index contributed by atoms with van der Waals surface area (Å²) in [5, 5.41) is 8.58. The van der Waals surface area contributed by atoms with E-state index in [-0.39, 0.29) is 12.0 Å². The number of carboxylic acids is 1. The van der Waals surface area contributed by atoms with Crippen molar-refractivity contribution in [2.75, 3.05) is 7.11 Å². The summed E-state index contributed by atoms with van der Waals surface area (Å²) in [7, 11) is 1.08. The smallest absolute Gasteiger partial charge is 0.393 e. The fraction of sp³-hybridized carbons (Fsp3) is 0.741. The second-order valence-electron chi connectivity index (χ2n) is 9.37. The Morgan fingerprint density at radius 2 is 1.46 bits per heavy atom. The number of alkyl halides is 3. The first kappa shape index (κ1) is 30.9. The molecule has 0 saturated heterocycles. The molecule has 0 aromatic heterocycles. The van der Waals surface area contributed by atoms with Crippen LogP contribution in [0.1, 0.15) is 103 Å². The van der Waals surface area contributed by atoms with E-state index in [1.54, 1.807) is 0 Å². The van der Waals surface area contributed by atoms with Crippen molar-refractivity contribution in [2.24, 2.45) is 11.8 Å². The van der Waals surface area contributed by atoms with Crippen LogP contribution in [-0.2, 0) is 19.1 Å². The van der Waals surface area contributed by atoms with Crippen LogP contribution in [0.2, 0.25) is 0 Å². The first-order chi connectivity index (χ1) is 16.7. The number of hydrogen-bond donors (Lipinski definition) is 1. The number of rotatable bonds is 18. The highest BCUT2D eigenvalue weighted by Crippen LogP contribution is 2.42. The predicted molar refractivity (Wildman–Crippen MR) is 129 cm³/mol. The average Bonchev–Trinajstić information content (AvgIpc) is 2.79. The summed E-state index contributed by atoms with van der Waals surface area (Å²) in [5.74, 6) is -5.64. The molecular formula is C27H41F3O5. The van der Waals surface area contributed by atoms with Crippen molar-refractivity contribution in [3.63, 3.8) is 0 Å². The number of carboxylic acid groups (broad SMARTS) is 1. The number of hydrogen-bond acceptors (Lipinski definition) is 4. The molecule has 35 heavy (non-hydrogen) atoms. The number of carbonyl (C=O) groups is 3. The molecule has 200 valence electrons. The van der Waals surface area contributed by atoms with E-state index in [4.69, 9.17) is 5.11 Å². The van der Waals surface area contributed by atoms with Crippen LogP contribution in [0.4, 0.5) is 13.2 Å². The summed E-state index contributed by atoms with van der Waals surface area (Å²) >= 11 is 0. The molecule has 0 radical (unpaired) electrons. The van der Waals surface area contributed by atoms with E-state index in [9.17, 15) is 27.6 Å². The number of esters is 1. The molecule has 0 spiro atoms. The van der Waals surface area contributed by atoms with E-state index in [0.717, 1.165) is 84.2 Å². The molecule has 0 heterocycles. The molecule has 1 aliphatic carbocycles. The molecular weight excluding hydrogens is 461 g/mol. The minimum Gasteiger partial charge on any atom is -0.481 e. The molecule has 0 aliphatic heterocycles. The largest absolute Gasteiger partial charge is 0.481 e. The number of ether oxygens (including phenoxy) is 1. The van der Waals surface area contributed by atoms with Gasteiger partial charge in [-0.25, -0.2) is 0 Å². The monoisotopic (exact) mass is 502 g/mol. The zero-order valence-corrected chi connectivity index (χ0v) is 20.9. The van der Waals surface area contributed by atoms with Crippen LogP contribution < -0.4 is 0 Å². The van der Waals surface area contributed by atoms with Gasteiger partial charge >= 0.3 is 18.1 Å². The Labute approximate surface area is 207 Å². The van der Waals surface area contributed by atoms with Gasteiger partial charge in [0.2, 0.25) is 0 Å². The van der Waals surface area contributed by atoms with Gasteiger partial charge in [0.25, 0.3) is 0 Å². The van der Waals surface area contributed by atoms with Gasteiger partial charge in [-0.15, -0.1) is 0 Å². The number of halogens is 3. The van der Waals surface area contributed by atoms with Gasteiger partial charge in [0.1, 0.15) is 0 Å². The third-order valence-electron chi connectivity index (χ3n) is 6.46. The standard InChI is InChI=1S/C27H41F3O5/c1-35-26(34)25-21(19-22(31)20-23(25)27(28,29)30)17-15-13-11-9-7-5-3-2-4-6-8-10-12-14-16-18-24(32)33/h2,4,19,23,25H,3,5-18,20H2,1H3,(H,32,33)/b4-2-. The topological polar surface area (TPSA) is 80.7 Å².